The molecule has 0 fully saturated rings. The van der Waals surface area contributed by atoms with Crippen LogP contribution in [0.5, 0.6) is 0 Å². The van der Waals surface area contributed by atoms with Crippen molar-refractivity contribution < 1.29 is 0 Å². The van der Waals surface area contributed by atoms with Gasteiger partial charge in [-0.3, -0.25) is 0 Å². The molecule has 0 saturated carbocycles. The van der Waals surface area contributed by atoms with Crippen LogP contribution < -0.4 is 0 Å². The van der Waals surface area contributed by atoms with Crippen molar-refractivity contribution in [1.29, 1.82) is 0 Å². The lowest BCUT2D eigenvalue weighted by atomic mass is 10.1. The van der Waals surface area contributed by atoms with E-state index < -0.39 is 0 Å². The van der Waals surface area contributed by atoms with Gasteiger partial charge in [-0.25, -0.2) is 0 Å². The average molecular weight is 313 g/mol. The van der Waals surface area contributed by atoms with Gasteiger partial charge in [0.25, 0.3) is 0 Å². The quantitative estimate of drug-likeness (QED) is 0.199. The van der Waals surface area contributed by atoms with Crippen LogP contribution in [-0.2, 0) is 0 Å². The molecule has 0 aliphatic heterocycles. The first-order valence-electron chi connectivity index (χ1n) is 9.68. The van der Waals surface area contributed by atoms with Gasteiger partial charge in [-0.15, -0.1) is 0 Å². The Bertz CT molecular complexity index is 206. The minimum absolute atomic E-state index is 0.135. The molecule has 126 valence electrons. The van der Waals surface area contributed by atoms with E-state index >= 15 is 0 Å². The standard InChI is InChI=1S/C20H41P/c1-5-8-10-12-14-16-18-21(20(4)7-3)19-17-15-13-11-9-6-2/h4-19H2,1-3H3. The summed E-state index contributed by atoms with van der Waals surface area (Å²) in [6.45, 7) is 11.2. The normalized spacial score (nSPS) is 11.2. The van der Waals surface area contributed by atoms with Crippen molar-refractivity contribution in [3.05, 3.63) is 11.9 Å². The van der Waals surface area contributed by atoms with Crippen LogP contribution in [0, 0.1) is 0 Å². The van der Waals surface area contributed by atoms with Gasteiger partial charge in [-0.05, 0) is 31.6 Å². The van der Waals surface area contributed by atoms with Gasteiger partial charge in [0, 0.05) is 0 Å². The number of hydrogen-bond donors (Lipinski definition) is 0. The minimum atomic E-state index is 0.135. The third-order valence-corrected chi connectivity index (χ3v) is 7.34. The Kier molecular flexibility index (Phi) is 16.7. The summed E-state index contributed by atoms with van der Waals surface area (Å²) < 4.78 is 0. The predicted molar refractivity (Wildman–Crippen MR) is 103 cm³/mol. The molecule has 0 radical (unpaired) electrons. The molecule has 0 amide bonds. The van der Waals surface area contributed by atoms with Crippen LogP contribution in [0.15, 0.2) is 11.9 Å². The van der Waals surface area contributed by atoms with E-state index in [1.807, 2.05) is 0 Å². The maximum absolute atomic E-state index is 4.36. The molecule has 0 rings (SSSR count). The van der Waals surface area contributed by atoms with E-state index in [2.05, 4.69) is 27.4 Å². The molecule has 0 saturated heterocycles. The fourth-order valence-electron chi connectivity index (χ4n) is 2.82. The van der Waals surface area contributed by atoms with Crippen LogP contribution in [0.1, 0.15) is 104 Å². The monoisotopic (exact) mass is 312 g/mol. The van der Waals surface area contributed by atoms with E-state index in [-0.39, 0.29) is 7.92 Å². The molecule has 0 nitrogen and oxygen atoms in total. The predicted octanol–water partition coefficient (Wildman–Crippen LogP) is 8.11. The number of rotatable bonds is 16. The highest BCUT2D eigenvalue weighted by atomic mass is 31.1. The van der Waals surface area contributed by atoms with Gasteiger partial charge in [0.2, 0.25) is 0 Å². The largest absolute Gasteiger partial charge is 0.0954 e. The fourth-order valence-corrected chi connectivity index (χ4v) is 5.33. The van der Waals surface area contributed by atoms with E-state index in [1.54, 1.807) is 5.31 Å². The molecule has 1 heteroatoms. The zero-order chi connectivity index (χ0) is 15.8. The molecule has 0 aromatic heterocycles. The maximum Gasteiger partial charge on any atom is -0.0289 e. The summed E-state index contributed by atoms with van der Waals surface area (Å²) >= 11 is 0. The Morgan fingerprint density at radius 2 is 1.00 bits per heavy atom. The molecule has 0 N–H and O–H groups in total. The topological polar surface area (TPSA) is 0 Å². The molecule has 0 aliphatic rings. The van der Waals surface area contributed by atoms with E-state index in [0.717, 1.165) is 0 Å². The third kappa shape index (κ3) is 13.5. The Balaban J connectivity index is 3.70. The first kappa shape index (κ1) is 21.2. The lowest BCUT2D eigenvalue weighted by Gasteiger charge is -2.19. The van der Waals surface area contributed by atoms with Crippen LogP contribution in [-0.4, -0.2) is 12.3 Å². The van der Waals surface area contributed by atoms with E-state index in [1.165, 1.54) is 95.8 Å². The highest BCUT2D eigenvalue weighted by Crippen LogP contribution is 2.47. The van der Waals surface area contributed by atoms with Crippen molar-refractivity contribution in [2.45, 2.75) is 104 Å². The molecule has 21 heavy (non-hydrogen) atoms. The second-order valence-electron chi connectivity index (χ2n) is 6.44. The number of allylic oxidation sites excluding steroid dienone is 1. The lowest BCUT2D eigenvalue weighted by Crippen LogP contribution is -1.94. The Hall–Kier alpha value is 0.170. The molecule has 0 unspecified atom stereocenters. The summed E-state index contributed by atoms with van der Waals surface area (Å²) in [5.41, 5.74) is 0. The molecular formula is C20H41P. The molecule has 0 aliphatic carbocycles. The van der Waals surface area contributed by atoms with Crippen LogP contribution in [0.25, 0.3) is 0 Å². The number of hydrogen-bond acceptors (Lipinski definition) is 0. The minimum Gasteiger partial charge on any atom is -0.0954 e. The summed E-state index contributed by atoms with van der Waals surface area (Å²) in [5.74, 6) is 0. The zero-order valence-electron chi connectivity index (χ0n) is 15.3. The zero-order valence-corrected chi connectivity index (χ0v) is 16.2. The van der Waals surface area contributed by atoms with Crippen LogP contribution in [0.4, 0.5) is 0 Å². The smallest absolute Gasteiger partial charge is 0.0289 e. The van der Waals surface area contributed by atoms with Crippen molar-refractivity contribution in [3.63, 3.8) is 0 Å². The van der Waals surface area contributed by atoms with Crippen molar-refractivity contribution >= 4 is 7.92 Å². The van der Waals surface area contributed by atoms with Gasteiger partial charge in [0.15, 0.2) is 0 Å². The van der Waals surface area contributed by atoms with Crippen molar-refractivity contribution in [2.75, 3.05) is 12.3 Å². The lowest BCUT2D eigenvalue weighted by molar-refractivity contribution is 0.622. The molecule has 0 aromatic rings. The average Bonchev–Trinajstić information content (AvgIpc) is 2.51. The summed E-state index contributed by atoms with van der Waals surface area (Å²) in [6, 6.07) is 0. The van der Waals surface area contributed by atoms with Gasteiger partial charge in [0.05, 0.1) is 0 Å². The molecule has 0 spiro atoms. The van der Waals surface area contributed by atoms with E-state index in [9.17, 15) is 0 Å². The second kappa shape index (κ2) is 16.5. The summed E-state index contributed by atoms with van der Waals surface area (Å²) in [7, 11) is 0.135. The van der Waals surface area contributed by atoms with Gasteiger partial charge >= 0.3 is 0 Å². The van der Waals surface area contributed by atoms with Gasteiger partial charge < -0.3 is 0 Å². The van der Waals surface area contributed by atoms with E-state index in [4.69, 9.17) is 0 Å². The molecule has 0 bridgehead atoms. The van der Waals surface area contributed by atoms with Crippen LogP contribution in [0.2, 0.25) is 0 Å². The Morgan fingerprint density at radius 1 is 0.619 bits per heavy atom. The molecule has 0 aromatic carbocycles. The SMILES string of the molecule is C=C(CC)P(CCCCCCCC)CCCCCCCC. The van der Waals surface area contributed by atoms with Crippen LogP contribution in [0.3, 0.4) is 0 Å². The van der Waals surface area contributed by atoms with Crippen molar-refractivity contribution in [1.82, 2.24) is 0 Å². The fraction of sp³-hybridized carbons (Fsp3) is 0.900. The van der Waals surface area contributed by atoms with Crippen molar-refractivity contribution in [3.8, 4) is 0 Å². The summed E-state index contributed by atoms with van der Waals surface area (Å²) in [4.78, 5) is 0. The first-order valence-corrected chi connectivity index (χ1v) is 11.4. The highest BCUT2D eigenvalue weighted by Gasteiger charge is 2.10. The summed E-state index contributed by atoms with van der Waals surface area (Å²) in [5, 5.41) is 1.58. The Labute approximate surface area is 136 Å². The van der Waals surface area contributed by atoms with Gasteiger partial charge in [-0.2, -0.15) is 0 Å². The number of unbranched alkanes of at least 4 members (excludes halogenated alkanes) is 10. The molecule has 0 atom stereocenters. The maximum atomic E-state index is 4.36. The van der Waals surface area contributed by atoms with Gasteiger partial charge in [-0.1, -0.05) is 105 Å². The highest BCUT2D eigenvalue weighted by molar-refractivity contribution is 7.62. The summed E-state index contributed by atoms with van der Waals surface area (Å²) in [6.07, 6.45) is 21.3. The van der Waals surface area contributed by atoms with Crippen molar-refractivity contribution in [2.24, 2.45) is 0 Å². The van der Waals surface area contributed by atoms with Crippen LogP contribution >= 0.6 is 7.92 Å². The molecular weight excluding hydrogens is 271 g/mol. The first-order chi connectivity index (χ1) is 10.3. The Morgan fingerprint density at radius 3 is 1.38 bits per heavy atom. The molecule has 0 heterocycles. The van der Waals surface area contributed by atoms with E-state index in [0.29, 0.717) is 0 Å². The van der Waals surface area contributed by atoms with Gasteiger partial charge in [0.1, 0.15) is 0 Å². The second-order valence-corrected chi connectivity index (χ2v) is 9.05. The third-order valence-electron chi connectivity index (χ3n) is 4.42.